The van der Waals surface area contributed by atoms with Gasteiger partial charge in [0.15, 0.2) is 0 Å². The lowest BCUT2D eigenvalue weighted by Gasteiger charge is -2.30. The number of aromatic amines is 2. The number of sulfonamides is 1. The highest BCUT2D eigenvalue weighted by Gasteiger charge is 2.34. The first-order valence-corrected chi connectivity index (χ1v) is 14.1. The second-order valence-corrected chi connectivity index (χ2v) is 11.6. The highest BCUT2D eigenvalue weighted by molar-refractivity contribution is 7.89. The maximum absolute atomic E-state index is 13.0. The topological polar surface area (TPSA) is 178 Å². The number of nitrogens with one attached hydrogen (secondary N) is 4. The fraction of sp³-hybridized carbons (Fsp3) is 0.214. The van der Waals surface area contributed by atoms with Crippen molar-refractivity contribution in [1.29, 1.82) is 0 Å². The number of benzene rings is 3. The van der Waals surface area contributed by atoms with E-state index < -0.39 is 21.5 Å². The Morgan fingerprint density at radius 2 is 1.85 bits per heavy atom. The molecule has 13 heteroatoms. The summed E-state index contributed by atoms with van der Waals surface area (Å²) in [7, 11) is -0.989. The number of aryl methyl sites for hydroxylation is 1. The fourth-order valence-corrected chi connectivity index (χ4v) is 5.80. The van der Waals surface area contributed by atoms with Crippen molar-refractivity contribution in [3.8, 4) is 5.75 Å². The Bertz CT molecular complexity index is 1890. The lowest BCUT2D eigenvalue weighted by molar-refractivity contribution is -0.119. The van der Waals surface area contributed by atoms with Crippen LogP contribution < -0.4 is 20.5 Å². The van der Waals surface area contributed by atoms with Crippen LogP contribution in [0.25, 0.3) is 16.7 Å². The summed E-state index contributed by atoms with van der Waals surface area (Å²) in [6, 6.07) is 15.2. The van der Waals surface area contributed by atoms with E-state index in [1.807, 2.05) is 24.3 Å². The number of H-pyrrole nitrogens is 2. The molecular weight excluding hydrogens is 548 g/mol. The molecule has 0 bridgehead atoms. The van der Waals surface area contributed by atoms with Crippen LogP contribution in [0.15, 0.2) is 80.6 Å². The molecule has 1 aliphatic carbocycles. The predicted octanol–water partition coefficient (Wildman–Crippen LogP) is 3.52. The molecule has 41 heavy (non-hydrogen) atoms. The van der Waals surface area contributed by atoms with Crippen molar-refractivity contribution in [3.05, 3.63) is 87.8 Å². The molecule has 1 aromatic heterocycles. The number of methoxy groups -OCH3 is 1. The Morgan fingerprint density at radius 3 is 2.61 bits per heavy atom. The number of rotatable bonds is 8. The molecule has 1 aliphatic rings. The largest absolute Gasteiger partial charge is 0.494 e. The molecule has 0 saturated heterocycles. The van der Waals surface area contributed by atoms with Gasteiger partial charge in [0.1, 0.15) is 11.4 Å². The summed E-state index contributed by atoms with van der Waals surface area (Å²) >= 11 is 0. The van der Waals surface area contributed by atoms with E-state index >= 15 is 0 Å². The normalized spacial score (nSPS) is 16.9. The van der Waals surface area contributed by atoms with E-state index in [2.05, 4.69) is 30.2 Å². The number of aliphatic hydroxyl groups is 1. The Labute approximate surface area is 235 Å². The summed E-state index contributed by atoms with van der Waals surface area (Å²) in [5.41, 5.74) is 2.32. The smallest absolute Gasteiger partial charge is 0.323 e. The highest BCUT2D eigenvalue weighted by Crippen LogP contribution is 2.38. The van der Waals surface area contributed by atoms with Crippen LogP contribution in [0.5, 0.6) is 5.75 Å². The van der Waals surface area contributed by atoms with Crippen LogP contribution in [0, 0.1) is 6.92 Å². The number of aromatic nitrogens is 2. The van der Waals surface area contributed by atoms with Gasteiger partial charge in [0, 0.05) is 23.7 Å². The maximum Gasteiger partial charge on any atom is 0.323 e. The zero-order valence-electron chi connectivity index (χ0n) is 22.5. The predicted molar refractivity (Wildman–Crippen MR) is 154 cm³/mol. The molecule has 0 aliphatic heterocycles. The van der Waals surface area contributed by atoms with E-state index in [0.717, 1.165) is 11.1 Å². The number of azo groups is 1. The van der Waals surface area contributed by atoms with Gasteiger partial charge in [-0.2, -0.15) is 5.11 Å². The lowest BCUT2D eigenvalue weighted by atomic mass is 9.82. The van der Waals surface area contributed by atoms with Crippen molar-refractivity contribution in [3.63, 3.8) is 0 Å². The van der Waals surface area contributed by atoms with Crippen LogP contribution in [0.4, 0.5) is 11.4 Å². The number of hydrogen-bond acceptors (Lipinski definition) is 8. The van der Waals surface area contributed by atoms with Crippen LogP contribution in [0.1, 0.15) is 23.1 Å². The van der Waals surface area contributed by atoms with Gasteiger partial charge in [0.05, 0.1) is 40.8 Å². The summed E-state index contributed by atoms with van der Waals surface area (Å²) in [4.78, 5) is 29.9. The van der Waals surface area contributed by atoms with Crippen molar-refractivity contribution in [2.24, 2.45) is 10.2 Å². The fourth-order valence-electron chi connectivity index (χ4n) is 4.83. The van der Waals surface area contributed by atoms with Crippen molar-refractivity contribution < 1.29 is 23.1 Å². The van der Waals surface area contributed by atoms with Gasteiger partial charge < -0.3 is 25.1 Å². The van der Waals surface area contributed by atoms with Crippen LogP contribution in [0.3, 0.4) is 0 Å². The van der Waals surface area contributed by atoms with Crippen molar-refractivity contribution >= 4 is 44.0 Å². The first-order valence-electron chi connectivity index (χ1n) is 12.6. The second kappa shape index (κ2) is 10.8. The second-order valence-electron chi connectivity index (χ2n) is 9.73. The average Bonchev–Trinajstić information content (AvgIpc) is 3.30. The summed E-state index contributed by atoms with van der Waals surface area (Å²) in [6.07, 6.45) is 1.42. The molecule has 1 amide bonds. The van der Waals surface area contributed by atoms with Crippen LogP contribution in [0.2, 0.25) is 0 Å². The molecule has 3 aromatic carbocycles. The Morgan fingerprint density at radius 1 is 1.10 bits per heavy atom. The molecule has 0 radical (unpaired) electrons. The van der Waals surface area contributed by atoms with Crippen LogP contribution >= 0.6 is 0 Å². The van der Waals surface area contributed by atoms with Crippen LogP contribution in [-0.2, 0) is 21.2 Å². The number of carbonyl (C=O) groups is 1. The van der Waals surface area contributed by atoms with E-state index in [0.29, 0.717) is 33.7 Å². The number of nitrogens with zero attached hydrogens (tertiary/aromatic N) is 2. The van der Waals surface area contributed by atoms with Crippen molar-refractivity contribution in [2.45, 2.75) is 30.3 Å². The van der Waals surface area contributed by atoms with E-state index in [1.54, 1.807) is 31.2 Å². The molecule has 0 fully saturated rings. The van der Waals surface area contributed by atoms with Gasteiger partial charge in [0.25, 0.3) is 0 Å². The van der Waals surface area contributed by atoms with Gasteiger partial charge >= 0.3 is 5.69 Å². The minimum Gasteiger partial charge on any atom is -0.494 e. The third-order valence-corrected chi connectivity index (χ3v) is 8.32. The molecule has 1 heterocycles. The molecule has 0 spiro atoms. The molecule has 1 atom stereocenters. The molecule has 0 saturated carbocycles. The zero-order chi connectivity index (χ0) is 29.4. The first-order chi connectivity index (χ1) is 19.5. The summed E-state index contributed by atoms with van der Waals surface area (Å²) in [5.74, 6) is -0.233. The Hall–Kier alpha value is -4.59. The molecule has 5 N–H and O–H groups in total. The third kappa shape index (κ3) is 5.82. The van der Waals surface area contributed by atoms with Gasteiger partial charge in [-0.1, -0.05) is 24.3 Å². The molecular formula is C28H28N6O6S. The third-order valence-electron chi connectivity index (χ3n) is 6.76. The molecule has 4 aromatic rings. The molecule has 212 valence electrons. The molecule has 5 rings (SSSR count). The van der Waals surface area contributed by atoms with E-state index in [-0.39, 0.29) is 29.2 Å². The van der Waals surface area contributed by atoms with Crippen molar-refractivity contribution in [2.75, 3.05) is 19.5 Å². The van der Waals surface area contributed by atoms with E-state index in [9.17, 15) is 23.1 Å². The van der Waals surface area contributed by atoms with Gasteiger partial charge in [0.2, 0.25) is 15.9 Å². The maximum atomic E-state index is 13.0. The van der Waals surface area contributed by atoms with Gasteiger partial charge in [-0.3, -0.25) is 4.79 Å². The number of carbonyl (C=O) groups excluding carboxylic acids is 1. The number of ether oxygens (including phenoxy) is 1. The lowest BCUT2D eigenvalue weighted by Crippen LogP contribution is -2.36. The average molecular weight is 577 g/mol. The van der Waals surface area contributed by atoms with E-state index in [1.165, 1.54) is 26.3 Å². The summed E-state index contributed by atoms with van der Waals surface area (Å²) < 4.78 is 32.4. The molecule has 1 unspecified atom stereocenters. The standard InChI is InChI=1S/C28H28N6O6S/c1-16-10-22(24(40-3)12-25(16)41(38,39)29-2)33-34-23-14-28(37,13-17-6-4-5-7-19(17)23)15-26(35)30-18-8-9-20-21(11-18)32-27(36)31-20/h4-12,14,29,37H,13,15H2,1-3H3,(H,30,35)(H2,31,32,36). The van der Waals surface area contributed by atoms with Gasteiger partial charge in [-0.15, -0.1) is 5.11 Å². The minimum atomic E-state index is -3.71. The zero-order valence-corrected chi connectivity index (χ0v) is 23.3. The summed E-state index contributed by atoms with van der Waals surface area (Å²) in [6.45, 7) is 1.64. The number of hydrogen-bond donors (Lipinski definition) is 5. The van der Waals surface area contributed by atoms with Gasteiger partial charge in [-0.25, -0.2) is 17.9 Å². The van der Waals surface area contributed by atoms with Gasteiger partial charge in [-0.05, 0) is 55.4 Å². The number of imidazole rings is 1. The Kier molecular flexibility index (Phi) is 7.34. The monoisotopic (exact) mass is 576 g/mol. The number of anilines is 1. The highest BCUT2D eigenvalue weighted by atomic mass is 32.2. The molecule has 12 nitrogen and oxygen atoms in total. The number of fused-ring (bicyclic) bond motifs is 2. The number of amides is 1. The van der Waals surface area contributed by atoms with E-state index in [4.69, 9.17) is 4.74 Å². The SMILES string of the molecule is CNS(=O)(=O)c1cc(OC)c(N=NC2=CC(O)(CC(=O)Nc3ccc4[nH]c(=O)[nH]c4c3)Cc3ccccc32)cc1C. The minimum absolute atomic E-state index is 0.0560. The Balaban J connectivity index is 1.44. The first kappa shape index (κ1) is 28.0. The quantitative estimate of drug-likeness (QED) is 0.200. The van der Waals surface area contributed by atoms with Crippen molar-refractivity contribution in [1.82, 2.24) is 14.7 Å². The van der Waals surface area contributed by atoms with Crippen LogP contribution in [-0.4, -0.2) is 49.2 Å². The summed E-state index contributed by atoms with van der Waals surface area (Å²) in [5, 5.41) is 23.0.